The molecule has 0 amide bonds. The van der Waals surface area contributed by atoms with Crippen molar-refractivity contribution in [2.75, 3.05) is 0 Å². The fraction of sp³-hybridized carbons (Fsp3) is 0.682. The van der Waals surface area contributed by atoms with Crippen LogP contribution < -0.4 is 0 Å². The van der Waals surface area contributed by atoms with E-state index in [4.69, 9.17) is 4.74 Å². The highest BCUT2D eigenvalue weighted by Gasteiger charge is 2.65. The highest BCUT2D eigenvalue weighted by atomic mass is 16.5. The Hall–Kier alpha value is -1.91. The molecule has 0 aliphatic heterocycles. The maximum Gasteiger partial charge on any atom is 0.332 e. The summed E-state index contributed by atoms with van der Waals surface area (Å²) >= 11 is 0. The number of esters is 1. The zero-order valence-electron chi connectivity index (χ0n) is 17.1. The number of rotatable bonds is 2. The topological polar surface area (TPSA) is 80.7 Å². The predicted molar refractivity (Wildman–Crippen MR) is 101 cm³/mol. The largest absolute Gasteiger partial charge is 0.478 e. The minimum absolute atomic E-state index is 0.0154. The number of carbonyl (C=O) groups is 3. The lowest BCUT2D eigenvalue weighted by molar-refractivity contribution is -0.183. The summed E-state index contributed by atoms with van der Waals surface area (Å²) in [5.41, 5.74) is -0.456. The van der Waals surface area contributed by atoms with Gasteiger partial charge in [-0.3, -0.25) is 9.59 Å². The van der Waals surface area contributed by atoms with E-state index < -0.39 is 28.9 Å². The maximum atomic E-state index is 12.6. The Bertz CT molecular complexity index is 774. The molecule has 3 aliphatic rings. The standard InChI is InChI=1S/C22H30O5/c1-12-7-8-14-21(5)10-9-16(24)20(3,4)15(21)11-17(27-13(2)23)22(14,6)18(12)19(25)26/h9-10,14-15,17H,7-8,11H2,1-6H3,(H,25,26)/t14-,15+,17-,21-,22+/m1/s1. The smallest absolute Gasteiger partial charge is 0.332 e. The SMILES string of the molecule is CC(=O)O[C@@H]1C[C@H]2C(C)(C)C(=O)C=C[C@]2(C)[C@H]2CCC(C)=C(C(=O)O)[C@@]21C. The van der Waals surface area contributed by atoms with Crippen LogP contribution in [0, 0.1) is 28.1 Å². The average molecular weight is 374 g/mol. The molecule has 148 valence electrons. The van der Waals surface area contributed by atoms with E-state index in [-0.39, 0.29) is 23.0 Å². The average Bonchev–Trinajstić information content (AvgIpc) is 2.52. The molecular formula is C22H30O5. The van der Waals surface area contributed by atoms with Crippen LogP contribution >= 0.6 is 0 Å². The molecule has 5 heteroatoms. The Morgan fingerprint density at radius 2 is 1.81 bits per heavy atom. The Balaban J connectivity index is 2.24. The first-order valence-corrected chi connectivity index (χ1v) is 9.71. The van der Waals surface area contributed by atoms with Crippen molar-refractivity contribution in [2.45, 2.75) is 66.9 Å². The molecule has 0 bridgehead atoms. The molecule has 0 spiro atoms. The van der Waals surface area contributed by atoms with Crippen molar-refractivity contribution < 1.29 is 24.2 Å². The Morgan fingerprint density at radius 3 is 2.37 bits per heavy atom. The summed E-state index contributed by atoms with van der Waals surface area (Å²) in [7, 11) is 0. The first-order chi connectivity index (χ1) is 12.4. The van der Waals surface area contributed by atoms with Crippen LogP contribution in [0.15, 0.2) is 23.3 Å². The van der Waals surface area contributed by atoms with E-state index in [2.05, 4.69) is 6.92 Å². The second kappa shape index (κ2) is 6.05. The van der Waals surface area contributed by atoms with Crippen molar-refractivity contribution in [3.05, 3.63) is 23.3 Å². The van der Waals surface area contributed by atoms with Gasteiger partial charge in [0.05, 0.1) is 0 Å². The maximum absolute atomic E-state index is 12.6. The number of carboxylic acids is 1. The van der Waals surface area contributed by atoms with Gasteiger partial charge in [0.1, 0.15) is 6.10 Å². The van der Waals surface area contributed by atoms with Crippen molar-refractivity contribution in [3.63, 3.8) is 0 Å². The molecule has 5 nitrogen and oxygen atoms in total. The van der Waals surface area contributed by atoms with Crippen LogP contribution in [-0.2, 0) is 19.1 Å². The van der Waals surface area contributed by atoms with E-state index in [1.165, 1.54) is 6.92 Å². The summed E-state index contributed by atoms with van der Waals surface area (Å²) in [6.45, 7) is 11.2. The Labute approximate surface area is 160 Å². The van der Waals surface area contributed by atoms with Gasteiger partial charge in [-0.25, -0.2) is 4.79 Å². The van der Waals surface area contributed by atoms with E-state index in [0.717, 1.165) is 12.0 Å². The molecule has 5 atom stereocenters. The molecule has 27 heavy (non-hydrogen) atoms. The molecule has 3 aliphatic carbocycles. The first kappa shape index (κ1) is 19.8. The molecule has 0 aromatic carbocycles. The molecule has 1 N–H and O–H groups in total. The van der Waals surface area contributed by atoms with Crippen molar-refractivity contribution in [3.8, 4) is 0 Å². The Kier molecular flexibility index (Phi) is 4.44. The molecule has 3 rings (SSSR count). The molecule has 0 saturated heterocycles. The lowest BCUT2D eigenvalue weighted by Crippen LogP contribution is -2.63. The minimum atomic E-state index is -0.936. The van der Waals surface area contributed by atoms with E-state index in [0.29, 0.717) is 18.4 Å². The van der Waals surface area contributed by atoms with E-state index in [9.17, 15) is 19.5 Å². The van der Waals surface area contributed by atoms with Crippen LogP contribution in [0.3, 0.4) is 0 Å². The van der Waals surface area contributed by atoms with Gasteiger partial charge in [0.2, 0.25) is 0 Å². The monoisotopic (exact) mass is 374 g/mol. The second-order valence-electron chi connectivity index (χ2n) is 9.51. The number of carbonyl (C=O) groups excluding carboxylic acids is 2. The van der Waals surface area contributed by atoms with Crippen LogP contribution in [0.1, 0.15) is 60.8 Å². The summed E-state index contributed by atoms with van der Waals surface area (Å²) in [5.74, 6) is -1.30. The molecule has 0 heterocycles. The van der Waals surface area contributed by atoms with Gasteiger partial charge in [0, 0.05) is 23.3 Å². The van der Waals surface area contributed by atoms with Gasteiger partial charge in [0.25, 0.3) is 0 Å². The number of fused-ring (bicyclic) bond motifs is 3. The van der Waals surface area contributed by atoms with Crippen molar-refractivity contribution in [1.29, 1.82) is 0 Å². The van der Waals surface area contributed by atoms with Gasteiger partial charge in [-0.1, -0.05) is 39.3 Å². The molecule has 0 unspecified atom stereocenters. The van der Waals surface area contributed by atoms with Gasteiger partial charge >= 0.3 is 11.9 Å². The van der Waals surface area contributed by atoms with E-state index >= 15 is 0 Å². The zero-order valence-corrected chi connectivity index (χ0v) is 17.1. The van der Waals surface area contributed by atoms with Crippen molar-refractivity contribution in [2.24, 2.45) is 28.1 Å². The van der Waals surface area contributed by atoms with Crippen LogP contribution in [0.2, 0.25) is 0 Å². The van der Waals surface area contributed by atoms with Gasteiger partial charge in [-0.2, -0.15) is 0 Å². The number of ketones is 1. The second-order valence-corrected chi connectivity index (χ2v) is 9.51. The summed E-state index contributed by atoms with van der Waals surface area (Å²) in [6.07, 6.45) is 5.12. The molecule has 0 aromatic heterocycles. The fourth-order valence-electron chi connectivity index (χ4n) is 6.45. The lowest BCUT2D eigenvalue weighted by Gasteiger charge is -2.63. The number of allylic oxidation sites excluding steroid dienone is 3. The van der Waals surface area contributed by atoms with Crippen molar-refractivity contribution in [1.82, 2.24) is 0 Å². The number of aliphatic carboxylic acids is 1. The number of ether oxygens (including phenoxy) is 1. The zero-order chi connectivity index (χ0) is 20.4. The highest BCUT2D eigenvalue weighted by Crippen LogP contribution is 2.66. The number of carboxylic acid groups (broad SMARTS) is 1. The minimum Gasteiger partial charge on any atom is -0.478 e. The summed E-state index contributed by atoms with van der Waals surface area (Å²) in [5, 5.41) is 10.0. The van der Waals surface area contributed by atoms with Gasteiger partial charge in [0.15, 0.2) is 5.78 Å². The highest BCUT2D eigenvalue weighted by molar-refractivity contribution is 5.96. The van der Waals surface area contributed by atoms with Gasteiger partial charge in [-0.05, 0) is 49.5 Å². The van der Waals surface area contributed by atoms with Crippen LogP contribution in [-0.4, -0.2) is 28.9 Å². The third-order valence-corrected chi connectivity index (χ3v) is 7.74. The Morgan fingerprint density at radius 1 is 1.19 bits per heavy atom. The lowest BCUT2D eigenvalue weighted by atomic mass is 9.41. The van der Waals surface area contributed by atoms with Gasteiger partial charge in [-0.15, -0.1) is 0 Å². The molecular weight excluding hydrogens is 344 g/mol. The third kappa shape index (κ3) is 2.61. The van der Waals surface area contributed by atoms with Crippen molar-refractivity contribution >= 4 is 17.7 Å². The first-order valence-electron chi connectivity index (χ1n) is 9.71. The van der Waals surface area contributed by atoms with Crippen LogP contribution in [0.4, 0.5) is 0 Å². The number of hydrogen-bond acceptors (Lipinski definition) is 4. The molecule has 1 fully saturated rings. The quantitative estimate of drug-likeness (QED) is 0.741. The fourth-order valence-corrected chi connectivity index (χ4v) is 6.45. The van der Waals surface area contributed by atoms with Crippen LogP contribution in [0.25, 0.3) is 0 Å². The molecule has 0 radical (unpaired) electrons. The molecule has 1 saturated carbocycles. The summed E-state index contributed by atoms with van der Waals surface area (Å²) in [4.78, 5) is 36.7. The summed E-state index contributed by atoms with van der Waals surface area (Å²) < 4.78 is 5.74. The van der Waals surface area contributed by atoms with E-state index in [1.54, 1.807) is 6.08 Å². The van der Waals surface area contributed by atoms with Gasteiger partial charge < -0.3 is 9.84 Å². The van der Waals surface area contributed by atoms with E-state index in [1.807, 2.05) is 33.8 Å². The number of hydrogen-bond donors (Lipinski definition) is 1. The molecule has 0 aromatic rings. The predicted octanol–water partition coefficient (Wildman–Crippen LogP) is 3.93. The van der Waals surface area contributed by atoms with Crippen LogP contribution in [0.5, 0.6) is 0 Å². The third-order valence-electron chi connectivity index (χ3n) is 7.74. The summed E-state index contributed by atoms with van der Waals surface area (Å²) in [6, 6.07) is 0. The normalized spacial score (nSPS) is 40.2.